The number of hydrogen-bond acceptors (Lipinski definition) is 5. The number of fused-ring (bicyclic) bond motifs is 4. The maximum atomic E-state index is 9.35. The van der Waals surface area contributed by atoms with Gasteiger partial charge >= 0.3 is 0 Å². The molecule has 4 aliphatic rings. The second kappa shape index (κ2) is 14.7. The minimum atomic E-state index is 0.213. The molecule has 2 heterocycles. The molecule has 0 spiro atoms. The van der Waals surface area contributed by atoms with Crippen LogP contribution in [0, 0.1) is 23.2 Å². The van der Waals surface area contributed by atoms with Gasteiger partial charge in [0.05, 0.1) is 11.6 Å². The molecule has 2 aromatic heterocycles. The minimum Gasteiger partial charge on any atom is -0.456 e. The van der Waals surface area contributed by atoms with Gasteiger partial charge in [0.2, 0.25) is 0 Å². The van der Waals surface area contributed by atoms with Crippen LogP contribution < -0.4 is 0 Å². The molecule has 4 fully saturated rings. The average molecular weight is 837 g/mol. The van der Waals surface area contributed by atoms with Gasteiger partial charge in [0.1, 0.15) is 11.2 Å². The second-order valence-electron chi connectivity index (χ2n) is 19.1. The first-order valence-electron chi connectivity index (χ1n) is 23.0. The van der Waals surface area contributed by atoms with Crippen LogP contribution in [0.25, 0.3) is 89.1 Å². The van der Waals surface area contributed by atoms with Crippen molar-refractivity contribution in [1.29, 1.82) is 5.26 Å². The first-order chi connectivity index (χ1) is 32.0. The summed E-state index contributed by atoms with van der Waals surface area (Å²) in [5, 5.41) is 13.8. The first-order valence-corrected chi connectivity index (χ1v) is 23.0. The molecule has 8 aromatic carbocycles. The summed E-state index contributed by atoms with van der Waals surface area (Å²) in [4.78, 5) is 14.8. The summed E-state index contributed by atoms with van der Waals surface area (Å²) in [5.74, 6) is 3.43. The van der Waals surface area contributed by atoms with Crippen LogP contribution in [0.15, 0.2) is 186 Å². The molecule has 2 unspecified atom stereocenters. The lowest BCUT2D eigenvalue weighted by atomic mass is 9.41. The smallest absolute Gasteiger partial charge is 0.164 e. The molecule has 5 heteroatoms. The van der Waals surface area contributed by atoms with Crippen molar-refractivity contribution in [1.82, 2.24) is 15.0 Å². The normalized spacial score (nSPS) is 21.0. The van der Waals surface area contributed by atoms with E-state index in [2.05, 4.69) is 115 Å². The Balaban J connectivity index is 0.780. The van der Waals surface area contributed by atoms with Crippen LogP contribution in [0.3, 0.4) is 0 Å². The Bertz CT molecular complexity index is 3440. The van der Waals surface area contributed by atoms with Gasteiger partial charge < -0.3 is 4.42 Å². The van der Waals surface area contributed by atoms with Gasteiger partial charge in [-0.2, -0.15) is 5.26 Å². The molecule has 0 N–H and O–H groups in total. The number of rotatable bonds is 7. The third-order valence-corrected chi connectivity index (χ3v) is 15.1. The Morgan fingerprint density at radius 1 is 0.431 bits per heavy atom. The topological polar surface area (TPSA) is 75.6 Å². The van der Waals surface area contributed by atoms with Gasteiger partial charge in [-0.3, -0.25) is 0 Å². The summed E-state index contributed by atoms with van der Waals surface area (Å²) in [6, 6.07) is 67.0. The highest BCUT2D eigenvalue weighted by atomic mass is 16.3. The lowest BCUT2D eigenvalue weighted by molar-refractivity contribution is -0.0281. The molecular weight excluding hydrogens is 793 g/mol. The van der Waals surface area contributed by atoms with Gasteiger partial charge in [-0.05, 0) is 148 Å². The molecule has 0 aliphatic heterocycles. The maximum absolute atomic E-state index is 9.35. The van der Waals surface area contributed by atoms with Gasteiger partial charge in [-0.15, -0.1) is 0 Å². The van der Waals surface area contributed by atoms with E-state index in [0.29, 0.717) is 23.0 Å². The summed E-state index contributed by atoms with van der Waals surface area (Å²) in [7, 11) is 0. The largest absolute Gasteiger partial charge is 0.456 e. The van der Waals surface area contributed by atoms with Gasteiger partial charge in [0.25, 0.3) is 0 Å². The third kappa shape index (κ3) is 6.47. The van der Waals surface area contributed by atoms with Gasteiger partial charge in [-0.1, -0.05) is 140 Å². The summed E-state index contributed by atoms with van der Waals surface area (Å²) >= 11 is 0. The van der Waals surface area contributed by atoms with Crippen molar-refractivity contribution in [2.24, 2.45) is 11.8 Å². The van der Waals surface area contributed by atoms with E-state index in [4.69, 9.17) is 19.4 Å². The summed E-state index contributed by atoms with van der Waals surface area (Å²) in [6.07, 6.45) is 7.80. The van der Waals surface area contributed by atoms with E-state index < -0.39 is 0 Å². The zero-order valence-corrected chi connectivity index (χ0v) is 35.9. The minimum absolute atomic E-state index is 0.213. The van der Waals surface area contributed by atoms with Gasteiger partial charge in [-0.25, -0.2) is 15.0 Å². The number of nitrogens with zero attached hydrogens (tertiary/aromatic N) is 4. The van der Waals surface area contributed by atoms with Crippen molar-refractivity contribution in [3.8, 4) is 62.5 Å². The van der Waals surface area contributed by atoms with E-state index in [1.165, 1.54) is 66.3 Å². The number of furan rings is 1. The first kappa shape index (κ1) is 37.8. The van der Waals surface area contributed by atoms with E-state index in [-0.39, 0.29) is 10.8 Å². The highest BCUT2D eigenvalue weighted by Crippen LogP contribution is 2.66. The fraction of sp³-hybridized carbons (Fsp3) is 0.167. The molecule has 4 saturated carbocycles. The molecule has 14 rings (SSSR count). The number of aromatic nitrogens is 3. The van der Waals surface area contributed by atoms with Crippen LogP contribution in [0.2, 0.25) is 0 Å². The molecular formula is C60H44N4O. The van der Waals surface area contributed by atoms with Crippen LogP contribution in [0.1, 0.15) is 55.2 Å². The molecule has 0 saturated heterocycles. The maximum Gasteiger partial charge on any atom is 0.164 e. The van der Waals surface area contributed by atoms with Crippen LogP contribution in [-0.2, 0) is 10.8 Å². The van der Waals surface area contributed by atoms with Crippen molar-refractivity contribution in [3.05, 3.63) is 199 Å². The van der Waals surface area contributed by atoms with Crippen molar-refractivity contribution in [2.75, 3.05) is 0 Å². The lowest BCUT2D eigenvalue weighted by Gasteiger charge is -2.63. The Kier molecular flexibility index (Phi) is 8.55. The number of hydrogen-bond donors (Lipinski definition) is 0. The molecule has 0 radical (unpaired) electrons. The molecule has 2 atom stereocenters. The van der Waals surface area contributed by atoms with Crippen molar-refractivity contribution in [2.45, 2.75) is 49.4 Å². The van der Waals surface area contributed by atoms with Crippen LogP contribution >= 0.6 is 0 Å². The van der Waals surface area contributed by atoms with E-state index in [1.54, 1.807) is 0 Å². The van der Waals surface area contributed by atoms with Gasteiger partial charge in [0, 0.05) is 27.5 Å². The van der Waals surface area contributed by atoms with E-state index in [0.717, 1.165) is 66.8 Å². The monoisotopic (exact) mass is 836 g/mol. The molecule has 10 aromatic rings. The second-order valence-corrected chi connectivity index (χ2v) is 19.1. The summed E-state index contributed by atoms with van der Waals surface area (Å²) in [5.41, 5.74) is 13.4. The van der Waals surface area contributed by atoms with E-state index in [1.807, 2.05) is 72.8 Å². The number of nitriles is 1. The predicted octanol–water partition coefficient (Wildman–Crippen LogP) is 14.9. The zero-order chi connectivity index (χ0) is 43.1. The Hall–Kier alpha value is -7.68. The van der Waals surface area contributed by atoms with Crippen LogP contribution in [0.4, 0.5) is 0 Å². The Morgan fingerprint density at radius 2 is 0.877 bits per heavy atom. The SMILES string of the molecule is N#Cc1ccc2cc(-c3ccc(C45CC6CC(C4)CC(c4ccc(-c7ccc8c(c7)oc7cc(-c9nc(-c%10ccccc%10)nc(-c%10ccccc%10)n9)ccc78)cc4)(C6)C5)cc3)ccc2c1. The number of benzene rings is 8. The third-order valence-electron chi connectivity index (χ3n) is 15.1. The fourth-order valence-corrected chi connectivity index (χ4v) is 12.5. The van der Waals surface area contributed by atoms with Crippen molar-refractivity contribution < 1.29 is 4.42 Å². The molecule has 0 amide bonds. The van der Waals surface area contributed by atoms with E-state index in [9.17, 15) is 5.26 Å². The summed E-state index contributed by atoms with van der Waals surface area (Å²) < 4.78 is 6.62. The van der Waals surface area contributed by atoms with Crippen LogP contribution in [-0.4, -0.2) is 15.0 Å². The zero-order valence-electron chi connectivity index (χ0n) is 35.9. The molecule has 4 bridgehead atoms. The Labute approximate surface area is 378 Å². The van der Waals surface area contributed by atoms with Gasteiger partial charge in [0.15, 0.2) is 17.5 Å². The van der Waals surface area contributed by atoms with E-state index >= 15 is 0 Å². The quantitative estimate of drug-likeness (QED) is 0.160. The molecule has 310 valence electrons. The lowest BCUT2D eigenvalue weighted by Crippen LogP contribution is -2.55. The molecule has 4 aliphatic carbocycles. The molecule has 65 heavy (non-hydrogen) atoms. The molecule has 5 nitrogen and oxygen atoms in total. The fourth-order valence-electron chi connectivity index (χ4n) is 12.5. The average Bonchev–Trinajstić information content (AvgIpc) is 3.73. The Morgan fingerprint density at radius 3 is 1.43 bits per heavy atom. The highest BCUT2D eigenvalue weighted by molar-refractivity contribution is 6.06. The van der Waals surface area contributed by atoms with Crippen molar-refractivity contribution in [3.63, 3.8) is 0 Å². The van der Waals surface area contributed by atoms with Crippen LogP contribution in [0.5, 0.6) is 0 Å². The summed E-state index contributed by atoms with van der Waals surface area (Å²) in [6.45, 7) is 0. The predicted molar refractivity (Wildman–Crippen MR) is 261 cm³/mol. The van der Waals surface area contributed by atoms with Crippen molar-refractivity contribution >= 4 is 32.7 Å². The standard InChI is InChI=1S/C60H44N4O/c61-36-38-11-12-47-29-46(14-13-45(47)28-38)41-15-21-50(22-16-41)59-32-39-27-40(33-59)35-60(34-39,37-59)51-23-17-42(18-24-51)48-19-25-52-53-26-20-49(31-55(53)65-54(52)30-48)58-63-56(43-7-3-1-4-8-43)62-57(64-58)44-9-5-2-6-10-44/h1-26,28-31,39-40H,27,32-35,37H2. The highest BCUT2D eigenvalue weighted by Gasteiger charge is 2.58.